The largest absolute Gasteiger partial charge is 0.370 e. The average Bonchev–Trinajstić information content (AvgIpc) is 3.39. The second kappa shape index (κ2) is 15.1. The van der Waals surface area contributed by atoms with E-state index in [1.165, 1.54) is 7.11 Å². The highest BCUT2D eigenvalue weighted by Crippen LogP contribution is 2.41. The predicted octanol–water partition coefficient (Wildman–Crippen LogP) is 6.88. The number of nitrogens with zero attached hydrogens (tertiary/aromatic N) is 1. The van der Waals surface area contributed by atoms with E-state index >= 15 is 0 Å². The summed E-state index contributed by atoms with van der Waals surface area (Å²) in [6.07, 6.45) is 3.51. The minimum atomic E-state index is -0.733. The minimum absolute atomic E-state index is 0.0488. The number of carbonyl (C=O) groups is 2. The van der Waals surface area contributed by atoms with Crippen molar-refractivity contribution in [1.82, 2.24) is 5.06 Å². The molecule has 1 fully saturated rings. The Kier molecular flexibility index (Phi) is 11.2. The average molecular weight is 570 g/mol. The Morgan fingerprint density at radius 1 is 0.929 bits per heavy atom. The first-order valence-corrected chi connectivity index (χ1v) is 14.8. The summed E-state index contributed by atoms with van der Waals surface area (Å²) in [5.74, 6) is -0.573. The normalized spacial score (nSPS) is 17.6. The van der Waals surface area contributed by atoms with Gasteiger partial charge in [0.1, 0.15) is 11.4 Å². The zero-order chi connectivity index (χ0) is 30.0. The quantitative estimate of drug-likeness (QED) is 0.0864. The van der Waals surface area contributed by atoms with E-state index in [9.17, 15) is 9.59 Å². The number of ether oxygens (including phenoxy) is 2. The second-order valence-electron chi connectivity index (χ2n) is 11.1. The van der Waals surface area contributed by atoms with Gasteiger partial charge in [-0.2, -0.15) is 0 Å². The highest BCUT2D eigenvalue weighted by atomic mass is 16.7. The standard InChI is InChI=1S/C36H43NO5/c1-27-26-33(42-34(27)23-22-32(38)25-28(2)35(39)37(3)40-4)21-14-24-41-36(29-15-8-5-9-16-29,30-17-10-6-11-18-30)31-19-12-7-13-20-31/h5-13,15-20,28,33-34H,1,14,21-26H2,2-4H3/t28-,33+,34+/m1/s1. The number of rotatable bonds is 15. The van der Waals surface area contributed by atoms with Crippen molar-refractivity contribution in [3.05, 3.63) is 120 Å². The Balaban J connectivity index is 1.34. The lowest BCUT2D eigenvalue weighted by Gasteiger charge is -2.36. The molecule has 6 heteroatoms. The highest BCUT2D eigenvalue weighted by Gasteiger charge is 2.37. The lowest BCUT2D eigenvalue weighted by molar-refractivity contribution is -0.173. The number of Topliss-reactive ketones (excluding diaryl/α,β-unsaturated/α-hetero) is 1. The Bertz CT molecular complexity index is 1200. The summed E-state index contributed by atoms with van der Waals surface area (Å²) in [5, 5.41) is 1.16. The molecular formula is C36H43NO5. The molecule has 3 aromatic carbocycles. The Labute approximate surface area is 250 Å². The number of hydrogen-bond donors (Lipinski definition) is 0. The topological polar surface area (TPSA) is 65.1 Å². The molecule has 0 aromatic heterocycles. The molecule has 0 spiro atoms. The van der Waals surface area contributed by atoms with Crippen LogP contribution in [0.5, 0.6) is 0 Å². The third-order valence-electron chi connectivity index (χ3n) is 8.06. The lowest BCUT2D eigenvalue weighted by atomic mass is 9.80. The summed E-state index contributed by atoms with van der Waals surface area (Å²) in [6.45, 7) is 6.53. The van der Waals surface area contributed by atoms with Crippen LogP contribution in [0.15, 0.2) is 103 Å². The first kappa shape index (κ1) is 31.4. The molecule has 222 valence electrons. The van der Waals surface area contributed by atoms with Gasteiger partial charge in [-0.3, -0.25) is 14.4 Å². The van der Waals surface area contributed by atoms with E-state index in [1.807, 2.05) is 18.2 Å². The molecule has 0 radical (unpaired) electrons. The predicted molar refractivity (Wildman–Crippen MR) is 165 cm³/mol. The van der Waals surface area contributed by atoms with Crippen LogP contribution in [-0.2, 0) is 29.5 Å². The maximum absolute atomic E-state index is 12.6. The highest BCUT2D eigenvalue weighted by molar-refractivity contribution is 5.86. The monoisotopic (exact) mass is 569 g/mol. The van der Waals surface area contributed by atoms with E-state index in [0.29, 0.717) is 19.4 Å². The van der Waals surface area contributed by atoms with E-state index < -0.39 is 11.5 Å². The molecule has 0 unspecified atom stereocenters. The SMILES string of the molecule is C=C1C[C@H](CCCOC(c2ccccc2)(c2ccccc2)c2ccccc2)O[C@H]1CCC(=O)C[C@@H](C)C(=O)N(C)OC. The van der Waals surface area contributed by atoms with E-state index in [0.717, 1.165) is 46.6 Å². The minimum Gasteiger partial charge on any atom is -0.370 e. The molecule has 1 aliphatic heterocycles. The molecule has 42 heavy (non-hydrogen) atoms. The molecule has 1 aliphatic rings. The van der Waals surface area contributed by atoms with Gasteiger partial charge in [0.05, 0.1) is 19.3 Å². The van der Waals surface area contributed by atoms with Crippen LogP contribution in [0.3, 0.4) is 0 Å². The van der Waals surface area contributed by atoms with Crippen LogP contribution in [0.4, 0.5) is 0 Å². The van der Waals surface area contributed by atoms with Gasteiger partial charge in [0.15, 0.2) is 0 Å². The smallest absolute Gasteiger partial charge is 0.249 e. The van der Waals surface area contributed by atoms with E-state index in [1.54, 1.807) is 14.0 Å². The van der Waals surface area contributed by atoms with Crippen LogP contribution in [-0.4, -0.2) is 49.7 Å². The van der Waals surface area contributed by atoms with Gasteiger partial charge < -0.3 is 9.47 Å². The molecule has 4 rings (SSSR count). The van der Waals surface area contributed by atoms with E-state index in [2.05, 4.69) is 79.4 Å². The molecule has 3 aromatic rings. The Hall–Kier alpha value is -3.58. The summed E-state index contributed by atoms with van der Waals surface area (Å²) in [4.78, 5) is 29.7. The van der Waals surface area contributed by atoms with Gasteiger partial charge in [-0.15, -0.1) is 0 Å². The van der Waals surface area contributed by atoms with Gasteiger partial charge in [0.25, 0.3) is 0 Å². The van der Waals surface area contributed by atoms with Crippen LogP contribution in [0.25, 0.3) is 0 Å². The molecular weight excluding hydrogens is 526 g/mol. The fourth-order valence-corrected chi connectivity index (χ4v) is 5.77. The molecule has 6 nitrogen and oxygen atoms in total. The summed E-state index contributed by atoms with van der Waals surface area (Å²) in [6, 6.07) is 31.2. The summed E-state index contributed by atoms with van der Waals surface area (Å²) >= 11 is 0. The maximum atomic E-state index is 12.6. The zero-order valence-corrected chi connectivity index (χ0v) is 25.0. The van der Waals surface area contributed by atoms with Crippen LogP contribution in [0.2, 0.25) is 0 Å². The molecule has 0 N–H and O–H groups in total. The first-order valence-electron chi connectivity index (χ1n) is 14.8. The number of amides is 1. The van der Waals surface area contributed by atoms with Crippen molar-refractivity contribution in [2.75, 3.05) is 20.8 Å². The van der Waals surface area contributed by atoms with Crippen LogP contribution >= 0.6 is 0 Å². The maximum Gasteiger partial charge on any atom is 0.249 e. The number of hydrogen-bond acceptors (Lipinski definition) is 5. The van der Waals surface area contributed by atoms with E-state index in [-0.39, 0.29) is 30.3 Å². The van der Waals surface area contributed by atoms with Crippen molar-refractivity contribution in [2.24, 2.45) is 5.92 Å². The molecule has 1 amide bonds. The van der Waals surface area contributed by atoms with Crippen LogP contribution in [0, 0.1) is 5.92 Å². The number of benzene rings is 3. The number of carbonyl (C=O) groups excluding carboxylic acids is 2. The second-order valence-corrected chi connectivity index (χ2v) is 11.1. The first-order chi connectivity index (χ1) is 20.3. The molecule has 0 aliphatic carbocycles. The molecule has 1 heterocycles. The van der Waals surface area contributed by atoms with Crippen molar-refractivity contribution >= 4 is 11.7 Å². The fourth-order valence-electron chi connectivity index (χ4n) is 5.77. The van der Waals surface area contributed by atoms with Gasteiger partial charge in [0, 0.05) is 32.4 Å². The molecule has 3 atom stereocenters. The molecule has 0 saturated carbocycles. The van der Waals surface area contributed by atoms with Crippen molar-refractivity contribution in [2.45, 2.75) is 63.3 Å². The van der Waals surface area contributed by atoms with Crippen molar-refractivity contribution in [3.8, 4) is 0 Å². The Morgan fingerprint density at radius 3 is 1.95 bits per heavy atom. The van der Waals surface area contributed by atoms with Gasteiger partial charge in [-0.25, -0.2) is 5.06 Å². The summed E-state index contributed by atoms with van der Waals surface area (Å²) in [5.41, 5.74) is 3.56. The van der Waals surface area contributed by atoms with Crippen molar-refractivity contribution < 1.29 is 23.9 Å². The third-order valence-corrected chi connectivity index (χ3v) is 8.06. The molecule has 0 bridgehead atoms. The Morgan fingerprint density at radius 2 is 1.45 bits per heavy atom. The third kappa shape index (κ3) is 7.62. The zero-order valence-electron chi connectivity index (χ0n) is 25.0. The van der Waals surface area contributed by atoms with Crippen LogP contribution < -0.4 is 0 Å². The number of ketones is 1. The van der Waals surface area contributed by atoms with Gasteiger partial charge >= 0.3 is 0 Å². The van der Waals surface area contributed by atoms with E-state index in [4.69, 9.17) is 14.3 Å². The summed E-state index contributed by atoms with van der Waals surface area (Å²) in [7, 11) is 2.99. The van der Waals surface area contributed by atoms with Crippen molar-refractivity contribution in [1.29, 1.82) is 0 Å². The summed E-state index contributed by atoms with van der Waals surface area (Å²) < 4.78 is 13.2. The van der Waals surface area contributed by atoms with Gasteiger partial charge in [0.2, 0.25) is 5.91 Å². The fraction of sp³-hybridized carbons (Fsp3) is 0.389. The molecule has 1 saturated heterocycles. The lowest BCUT2D eigenvalue weighted by Crippen LogP contribution is -2.33. The van der Waals surface area contributed by atoms with Crippen molar-refractivity contribution in [3.63, 3.8) is 0 Å². The number of hydroxylamine groups is 2. The van der Waals surface area contributed by atoms with Crippen LogP contribution in [0.1, 0.15) is 62.1 Å². The van der Waals surface area contributed by atoms with Gasteiger partial charge in [-0.05, 0) is 47.9 Å². The van der Waals surface area contributed by atoms with Gasteiger partial charge in [-0.1, -0.05) is 104 Å².